The molecule has 4 nitrogen and oxygen atoms in total. The minimum atomic E-state index is -0.436. The van der Waals surface area contributed by atoms with Gasteiger partial charge in [-0.2, -0.15) is 0 Å². The molecule has 1 aliphatic rings. The van der Waals surface area contributed by atoms with Gasteiger partial charge in [-0.15, -0.1) is 0 Å². The maximum Gasteiger partial charge on any atom is 0.339 e. The zero-order valence-electron chi connectivity index (χ0n) is 16.9. The molecule has 0 amide bonds. The van der Waals surface area contributed by atoms with Gasteiger partial charge >= 0.3 is 11.9 Å². The second kappa shape index (κ2) is 11.8. The van der Waals surface area contributed by atoms with E-state index in [1.807, 2.05) is 0 Å². The first-order valence-electron chi connectivity index (χ1n) is 10.6. The Kier molecular flexibility index (Phi) is 9.37. The summed E-state index contributed by atoms with van der Waals surface area (Å²) in [6.45, 7) is 4.71. The topological polar surface area (TPSA) is 52.6 Å². The first-order valence-corrected chi connectivity index (χ1v) is 10.6. The van der Waals surface area contributed by atoms with E-state index in [2.05, 4.69) is 13.8 Å². The fourth-order valence-electron chi connectivity index (χ4n) is 3.78. The molecule has 1 saturated carbocycles. The molecule has 0 spiro atoms. The lowest BCUT2D eigenvalue weighted by Crippen LogP contribution is -2.30. The summed E-state index contributed by atoms with van der Waals surface area (Å²) < 4.78 is 11.2. The van der Waals surface area contributed by atoms with Crippen LogP contribution in [0, 0.1) is 5.92 Å². The van der Waals surface area contributed by atoms with Crippen LogP contribution in [0.2, 0.25) is 0 Å². The number of rotatable bonds is 10. The first-order chi connectivity index (χ1) is 13.2. The third kappa shape index (κ3) is 6.67. The van der Waals surface area contributed by atoms with Crippen molar-refractivity contribution in [3.63, 3.8) is 0 Å². The number of benzene rings is 1. The summed E-state index contributed by atoms with van der Waals surface area (Å²) in [6, 6.07) is 6.82. The predicted octanol–water partition coefficient (Wildman–Crippen LogP) is 5.94. The highest BCUT2D eigenvalue weighted by Gasteiger charge is 2.28. The molecule has 0 radical (unpaired) electrons. The summed E-state index contributed by atoms with van der Waals surface area (Å²) in [5.41, 5.74) is 0.619. The molecule has 2 unspecified atom stereocenters. The average Bonchev–Trinajstić information content (AvgIpc) is 2.70. The van der Waals surface area contributed by atoms with Gasteiger partial charge in [0.15, 0.2) is 0 Å². The van der Waals surface area contributed by atoms with Crippen LogP contribution in [0.1, 0.15) is 98.8 Å². The highest BCUT2D eigenvalue weighted by Crippen LogP contribution is 2.30. The molecule has 27 heavy (non-hydrogen) atoms. The third-order valence-electron chi connectivity index (χ3n) is 5.47. The Balaban J connectivity index is 1.93. The van der Waals surface area contributed by atoms with Gasteiger partial charge in [0.05, 0.1) is 17.7 Å². The SMILES string of the molecule is CCCCCCCOC(=O)c1ccccc1C(=O)OC1CCCCC1CC. The number of hydrogen-bond donors (Lipinski definition) is 0. The van der Waals surface area contributed by atoms with Crippen molar-refractivity contribution in [2.75, 3.05) is 6.61 Å². The normalized spacial score (nSPS) is 19.5. The molecule has 1 aromatic carbocycles. The van der Waals surface area contributed by atoms with Crippen LogP contribution in [0.3, 0.4) is 0 Å². The van der Waals surface area contributed by atoms with Gasteiger partial charge in [0.1, 0.15) is 6.10 Å². The summed E-state index contributed by atoms with van der Waals surface area (Å²) >= 11 is 0. The number of ether oxygens (including phenoxy) is 2. The molecule has 1 aromatic rings. The lowest BCUT2D eigenvalue weighted by molar-refractivity contribution is 0.000313. The van der Waals surface area contributed by atoms with Crippen molar-refractivity contribution in [1.82, 2.24) is 0 Å². The fraction of sp³-hybridized carbons (Fsp3) is 0.652. The minimum Gasteiger partial charge on any atom is -0.462 e. The van der Waals surface area contributed by atoms with Gasteiger partial charge in [-0.3, -0.25) is 0 Å². The molecule has 1 fully saturated rings. The van der Waals surface area contributed by atoms with Crippen molar-refractivity contribution in [2.45, 2.75) is 84.2 Å². The van der Waals surface area contributed by atoms with Gasteiger partial charge in [0.25, 0.3) is 0 Å². The smallest absolute Gasteiger partial charge is 0.339 e. The van der Waals surface area contributed by atoms with Gasteiger partial charge < -0.3 is 9.47 Å². The van der Waals surface area contributed by atoms with E-state index in [4.69, 9.17) is 9.47 Å². The number of carbonyl (C=O) groups is 2. The molecule has 0 aromatic heterocycles. The molecule has 0 saturated heterocycles. The van der Waals surface area contributed by atoms with E-state index in [1.165, 1.54) is 19.3 Å². The van der Waals surface area contributed by atoms with Gasteiger partial charge in [-0.25, -0.2) is 9.59 Å². The Morgan fingerprint density at radius 1 is 0.926 bits per heavy atom. The Morgan fingerprint density at radius 3 is 2.30 bits per heavy atom. The molecule has 0 aliphatic heterocycles. The molecule has 2 rings (SSSR count). The standard InChI is InChI=1S/C23H34O4/c1-3-5-6-7-12-17-26-22(24)19-14-9-10-15-20(19)23(25)27-21-16-11-8-13-18(21)4-2/h9-10,14-15,18,21H,3-8,11-13,16-17H2,1-2H3. The van der Waals surface area contributed by atoms with E-state index >= 15 is 0 Å². The molecule has 1 aliphatic carbocycles. The second-order valence-corrected chi connectivity index (χ2v) is 7.49. The third-order valence-corrected chi connectivity index (χ3v) is 5.47. The summed E-state index contributed by atoms with van der Waals surface area (Å²) in [6.07, 6.45) is 10.8. The molecule has 4 heteroatoms. The van der Waals surface area contributed by atoms with Crippen LogP contribution >= 0.6 is 0 Å². The van der Waals surface area contributed by atoms with E-state index in [-0.39, 0.29) is 6.10 Å². The van der Waals surface area contributed by atoms with Gasteiger partial charge in [0, 0.05) is 0 Å². The summed E-state index contributed by atoms with van der Waals surface area (Å²) in [7, 11) is 0. The van der Waals surface area contributed by atoms with Gasteiger partial charge in [0.2, 0.25) is 0 Å². The minimum absolute atomic E-state index is 0.0427. The molecule has 0 heterocycles. The maximum absolute atomic E-state index is 12.7. The van der Waals surface area contributed by atoms with E-state index in [0.717, 1.165) is 44.9 Å². The van der Waals surface area contributed by atoms with E-state index in [9.17, 15) is 9.59 Å². The molecule has 0 bridgehead atoms. The number of unbranched alkanes of at least 4 members (excludes halogenated alkanes) is 4. The van der Waals surface area contributed by atoms with Crippen molar-refractivity contribution in [2.24, 2.45) is 5.92 Å². The Morgan fingerprint density at radius 2 is 1.59 bits per heavy atom. The zero-order valence-corrected chi connectivity index (χ0v) is 16.9. The Labute approximate surface area is 163 Å². The summed E-state index contributed by atoms with van der Waals surface area (Å²) in [5.74, 6) is -0.422. The fourth-order valence-corrected chi connectivity index (χ4v) is 3.78. The van der Waals surface area contributed by atoms with Crippen molar-refractivity contribution in [1.29, 1.82) is 0 Å². The van der Waals surface area contributed by atoms with Crippen LogP contribution in [-0.2, 0) is 9.47 Å². The van der Waals surface area contributed by atoms with Crippen molar-refractivity contribution in [3.8, 4) is 0 Å². The van der Waals surface area contributed by atoms with Crippen molar-refractivity contribution in [3.05, 3.63) is 35.4 Å². The van der Waals surface area contributed by atoms with E-state index < -0.39 is 11.9 Å². The van der Waals surface area contributed by atoms with E-state index in [1.54, 1.807) is 24.3 Å². The zero-order chi connectivity index (χ0) is 19.5. The Hall–Kier alpha value is -1.84. The first kappa shape index (κ1) is 21.5. The highest BCUT2D eigenvalue weighted by molar-refractivity contribution is 6.03. The maximum atomic E-state index is 12.7. The summed E-state index contributed by atoms with van der Waals surface area (Å²) in [5, 5.41) is 0. The quantitative estimate of drug-likeness (QED) is 0.376. The number of esters is 2. The lowest BCUT2D eigenvalue weighted by atomic mass is 9.85. The average molecular weight is 375 g/mol. The van der Waals surface area contributed by atoms with Gasteiger partial charge in [-0.05, 0) is 50.2 Å². The van der Waals surface area contributed by atoms with Crippen LogP contribution in [-0.4, -0.2) is 24.6 Å². The number of carbonyl (C=O) groups excluding carboxylic acids is 2. The number of hydrogen-bond acceptors (Lipinski definition) is 4. The van der Waals surface area contributed by atoms with Crippen LogP contribution in [0.25, 0.3) is 0 Å². The summed E-state index contributed by atoms with van der Waals surface area (Å²) in [4.78, 5) is 25.2. The van der Waals surface area contributed by atoms with Crippen LogP contribution < -0.4 is 0 Å². The van der Waals surface area contributed by atoms with Crippen LogP contribution in [0.4, 0.5) is 0 Å². The predicted molar refractivity (Wildman–Crippen MR) is 107 cm³/mol. The van der Waals surface area contributed by atoms with Crippen molar-refractivity contribution < 1.29 is 19.1 Å². The molecule has 0 N–H and O–H groups in total. The van der Waals surface area contributed by atoms with Crippen LogP contribution in [0.5, 0.6) is 0 Å². The molecule has 150 valence electrons. The molecular weight excluding hydrogens is 340 g/mol. The highest BCUT2D eigenvalue weighted by atomic mass is 16.5. The molecular formula is C23H34O4. The van der Waals surface area contributed by atoms with E-state index in [0.29, 0.717) is 23.7 Å². The second-order valence-electron chi connectivity index (χ2n) is 7.49. The van der Waals surface area contributed by atoms with Crippen molar-refractivity contribution >= 4 is 11.9 Å². The molecule has 2 atom stereocenters. The van der Waals surface area contributed by atoms with Crippen LogP contribution in [0.15, 0.2) is 24.3 Å². The lowest BCUT2D eigenvalue weighted by Gasteiger charge is -2.30. The Bertz CT molecular complexity index is 596. The van der Waals surface area contributed by atoms with Gasteiger partial charge in [-0.1, -0.05) is 58.1 Å². The monoisotopic (exact) mass is 374 g/mol. The largest absolute Gasteiger partial charge is 0.462 e.